The highest BCUT2D eigenvalue weighted by atomic mass is 35.5. The Hall–Kier alpha value is -2.11. The number of hydrogen-bond donors (Lipinski definition) is 1. The number of nitrogens with one attached hydrogen (secondary N) is 1. The first-order valence-corrected chi connectivity index (χ1v) is 8.02. The van der Waals surface area contributed by atoms with E-state index in [1.807, 2.05) is 30.3 Å². The highest BCUT2D eigenvalue weighted by molar-refractivity contribution is 6.35. The number of hydrogen-bond acceptors (Lipinski definition) is 4. The summed E-state index contributed by atoms with van der Waals surface area (Å²) in [4.78, 5) is 0. The SMILES string of the molecule is Clc1ccc(C2CC(c3ccccc3)Nc3nnnn32)c(Cl)c1. The number of fused-ring (bicyclic) bond motifs is 1. The van der Waals surface area contributed by atoms with E-state index in [-0.39, 0.29) is 12.1 Å². The number of anilines is 1. The van der Waals surface area contributed by atoms with Crippen molar-refractivity contribution >= 4 is 29.2 Å². The van der Waals surface area contributed by atoms with Gasteiger partial charge in [-0.25, -0.2) is 4.68 Å². The zero-order valence-corrected chi connectivity index (χ0v) is 13.5. The van der Waals surface area contributed by atoms with Gasteiger partial charge in [0.1, 0.15) is 0 Å². The molecule has 23 heavy (non-hydrogen) atoms. The molecule has 0 saturated carbocycles. The van der Waals surface area contributed by atoms with Crippen molar-refractivity contribution in [2.75, 3.05) is 5.32 Å². The van der Waals surface area contributed by atoms with Crippen LogP contribution in [0.15, 0.2) is 48.5 Å². The van der Waals surface area contributed by atoms with Crippen molar-refractivity contribution in [1.29, 1.82) is 0 Å². The lowest BCUT2D eigenvalue weighted by Crippen LogP contribution is -2.28. The summed E-state index contributed by atoms with van der Waals surface area (Å²) in [5, 5.41) is 16.6. The van der Waals surface area contributed by atoms with E-state index in [1.165, 1.54) is 5.56 Å². The maximum atomic E-state index is 6.40. The molecule has 0 bridgehead atoms. The summed E-state index contributed by atoms with van der Waals surface area (Å²) in [5.41, 5.74) is 2.16. The van der Waals surface area contributed by atoms with E-state index in [9.17, 15) is 0 Å². The van der Waals surface area contributed by atoms with Gasteiger partial charge in [0.2, 0.25) is 5.95 Å². The van der Waals surface area contributed by atoms with E-state index in [0.717, 1.165) is 12.0 Å². The van der Waals surface area contributed by atoms with Crippen molar-refractivity contribution in [3.63, 3.8) is 0 Å². The molecule has 0 aliphatic carbocycles. The molecule has 2 heterocycles. The number of aromatic nitrogens is 4. The van der Waals surface area contributed by atoms with E-state index < -0.39 is 0 Å². The Bertz CT molecular complexity index is 833. The van der Waals surface area contributed by atoms with Gasteiger partial charge in [-0.05, 0) is 40.1 Å². The van der Waals surface area contributed by atoms with Crippen LogP contribution in [0, 0.1) is 0 Å². The van der Waals surface area contributed by atoms with Gasteiger partial charge in [0, 0.05) is 10.0 Å². The first-order chi connectivity index (χ1) is 11.2. The average molecular weight is 346 g/mol. The lowest BCUT2D eigenvalue weighted by atomic mass is 9.93. The van der Waals surface area contributed by atoms with Crippen LogP contribution in [0.5, 0.6) is 0 Å². The zero-order valence-electron chi connectivity index (χ0n) is 12.0. The Morgan fingerprint density at radius 3 is 2.70 bits per heavy atom. The van der Waals surface area contributed by atoms with E-state index in [0.29, 0.717) is 16.0 Å². The van der Waals surface area contributed by atoms with Crippen LogP contribution in [-0.2, 0) is 0 Å². The summed E-state index contributed by atoms with van der Waals surface area (Å²) >= 11 is 12.4. The molecule has 116 valence electrons. The maximum absolute atomic E-state index is 6.40. The minimum atomic E-state index is -0.0452. The number of benzene rings is 2. The van der Waals surface area contributed by atoms with Crippen LogP contribution in [0.3, 0.4) is 0 Å². The van der Waals surface area contributed by atoms with Gasteiger partial charge in [-0.3, -0.25) is 0 Å². The Balaban J connectivity index is 1.77. The molecular formula is C16H13Cl2N5. The third-order valence-electron chi connectivity index (χ3n) is 4.07. The van der Waals surface area contributed by atoms with Gasteiger partial charge in [0.05, 0.1) is 12.1 Å². The van der Waals surface area contributed by atoms with Gasteiger partial charge in [0.15, 0.2) is 0 Å². The monoisotopic (exact) mass is 345 g/mol. The molecule has 4 rings (SSSR count). The predicted octanol–water partition coefficient (Wildman–Crippen LogP) is 4.13. The summed E-state index contributed by atoms with van der Waals surface area (Å²) in [6, 6.07) is 15.8. The molecule has 3 aromatic rings. The fourth-order valence-electron chi connectivity index (χ4n) is 2.97. The van der Waals surface area contributed by atoms with Crippen LogP contribution in [0.4, 0.5) is 5.95 Å². The second kappa shape index (κ2) is 5.83. The smallest absolute Gasteiger partial charge is 0.243 e. The zero-order chi connectivity index (χ0) is 15.8. The summed E-state index contributed by atoms with van der Waals surface area (Å²) in [7, 11) is 0. The fourth-order valence-corrected chi connectivity index (χ4v) is 3.51. The minimum absolute atomic E-state index is 0.0452. The molecule has 5 nitrogen and oxygen atoms in total. The Kier molecular flexibility index (Phi) is 3.67. The quantitative estimate of drug-likeness (QED) is 0.758. The van der Waals surface area contributed by atoms with E-state index >= 15 is 0 Å². The minimum Gasteiger partial charge on any atom is -0.346 e. The molecule has 0 fully saturated rings. The van der Waals surface area contributed by atoms with Crippen molar-refractivity contribution in [3.05, 3.63) is 69.7 Å². The molecule has 2 unspecified atom stereocenters. The molecule has 0 saturated heterocycles. The molecule has 0 radical (unpaired) electrons. The first kappa shape index (κ1) is 14.5. The molecule has 7 heteroatoms. The number of nitrogens with zero attached hydrogens (tertiary/aromatic N) is 4. The van der Waals surface area contributed by atoms with E-state index in [4.69, 9.17) is 23.2 Å². The Morgan fingerprint density at radius 1 is 1.09 bits per heavy atom. The van der Waals surface area contributed by atoms with Crippen molar-refractivity contribution in [3.8, 4) is 0 Å². The predicted molar refractivity (Wildman–Crippen MR) is 89.8 cm³/mol. The van der Waals surface area contributed by atoms with Gasteiger partial charge in [0.25, 0.3) is 0 Å². The van der Waals surface area contributed by atoms with Crippen molar-refractivity contribution in [2.45, 2.75) is 18.5 Å². The average Bonchev–Trinajstić information content (AvgIpc) is 3.03. The van der Waals surface area contributed by atoms with Crippen molar-refractivity contribution in [2.24, 2.45) is 0 Å². The van der Waals surface area contributed by atoms with E-state index in [2.05, 4.69) is 33.0 Å². The number of halogens is 2. The number of tetrazole rings is 1. The van der Waals surface area contributed by atoms with Crippen LogP contribution >= 0.6 is 23.2 Å². The molecule has 0 spiro atoms. The summed E-state index contributed by atoms with van der Waals surface area (Å²) < 4.78 is 1.77. The van der Waals surface area contributed by atoms with E-state index in [1.54, 1.807) is 10.7 Å². The lowest BCUT2D eigenvalue weighted by Gasteiger charge is -2.31. The standard InChI is InChI=1S/C16H13Cl2N5/c17-11-6-7-12(13(18)8-11)15-9-14(10-4-2-1-3-5-10)19-16-20-21-22-23(15)16/h1-8,14-15H,9H2,(H,19,20,22). The Labute approximate surface area is 143 Å². The lowest BCUT2D eigenvalue weighted by molar-refractivity contribution is 0.424. The summed E-state index contributed by atoms with van der Waals surface area (Å²) in [6.07, 6.45) is 0.795. The molecule has 0 amide bonds. The second-order valence-corrected chi connectivity index (χ2v) is 6.32. The molecule has 1 aliphatic heterocycles. The van der Waals surface area contributed by atoms with Crippen LogP contribution in [-0.4, -0.2) is 20.2 Å². The summed E-state index contributed by atoms with van der Waals surface area (Å²) in [5.74, 6) is 0.640. The number of rotatable bonds is 2. The molecule has 2 atom stereocenters. The van der Waals surface area contributed by atoms with Gasteiger partial charge in [-0.1, -0.05) is 64.7 Å². The Morgan fingerprint density at radius 2 is 1.91 bits per heavy atom. The summed E-state index contributed by atoms with van der Waals surface area (Å²) in [6.45, 7) is 0. The third-order valence-corrected chi connectivity index (χ3v) is 4.64. The molecule has 1 aromatic heterocycles. The van der Waals surface area contributed by atoms with Crippen LogP contribution in [0.2, 0.25) is 10.0 Å². The normalized spacial score (nSPS) is 19.9. The second-order valence-electron chi connectivity index (χ2n) is 5.47. The van der Waals surface area contributed by atoms with Gasteiger partial charge in [-0.2, -0.15) is 0 Å². The van der Waals surface area contributed by atoms with Crippen LogP contribution in [0.1, 0.15) is 29.6 Å². The molecule has 2 aromatic carbocycles. The topological polar surface area (TPSA) is 55.6 Å². The van der Waals surface area contributed by atoms with Crippen LogP contribution < -0.4 is 5.32 Å². The third kappa shape index (κ3) is 2.66. The van der Waals surface area contributed by atoms with Crippen molar-refractivity contribution in [1.82, 2.24) is 20.2 Å². The van der Waals surface area contributed by atoms with Crippen LogP contribution in [0.25, 0.3) is 0 Å². The van der Waals surface area contributed by atoms with Gasteiger partial charge < -0.3 is 5.32 Å². The fraction of sp³-hybridized carbons (Fsp3) is 0.188. The van der Waals surface area contributed by atoms with Crippen molar-refractivity contribution < 1.29 is 0 Å². The molecule has 1 aliphatic rings. The molecule has 1 N–H and O–H groups in total. The highest BCUT2D eigenvalue weighted by Gasteiger charge is 2.31. The van der Waals surface area contributed by atoms with Gasteiger partial charge >= 0.3 is 0 Å². The van der Waals surface area contributed by atoms with Gasteiger partial charge in [-0.15, -0.1) is 0 Å². The largest absolute Gasteiger partial charge is 0.346 e. The maximum Gasteiger partial charge on any atom is 0.243 e. The highest BCUT2D eigenvalue weighted by Crippen LogP contribution is 2.39. The molecular weight excluding hydrogens is 333 g/mol. The first-order valence-electron chi connectivity index (χ1n) is 7.26.